The molecule has 0 aliphatic heterocycles. The SMILES string of the molecule is C#CCCOc1c(C)cccc1CNC(C)(C)C. The van der Waals surface area contributed by atoms with Gasteiger partial charge in [0.05, 0.1) is 6.61 Å². The van der Waals surface area contributed by atoms with Crippen molar-refractivity contribution in [3.8, 4) is 18.1 Å². The molecule has 0 aliphatic carbocycles. The van der Waals surface area contributed by atoms with Crippen LogP contribution in [-0.2, 0) is 6.54 Å². The molecule has 0 aromatic heterocycles. The van der Waals surface area contributed by atoms with Gasteiger partial charge in [-0.15, -0.1) is 12.3 Å². The number of benzene rings is 1. The first-order valence-electron chi connectivity index (χ1n) is 6.34. The number of hydrogen-bond donors (Lipinski definition) is 1. The Morgan fingerprint density at radius 3 is 2.67 bits per heavy atom. The van der Waals surface area contributed by atoms with Crippen LogP contribution in [0.15, 0.2) is 18.2 Å². The maximum absolute atomic E-state index is 5.79. The largest absolute Gasteiger partial charge is 0.492 e. The monoisotopic (exact) mass is 245 g/mol. The number of para-hydroxylation sites is 1. The van der Waals surface area contributed by atoms with Crippen molar-refractivity contribution in [1.29, 1.82) is 0 Å². The minimum atomic E-state index is 0.0971. The summed E-state index contributed by atoms with van der Waals surface area (Å²) in [6.45, 7) is 9.90. The molecule has 0 heterocycles. The summed E-state index contributed by atoms with van der Waals surface area (Å²) >= 11 is 0. The third-order valence-corrected chi connectivity index (χ3v) is 2.60. The molecular formula is C16H23NO. The zero-order valence-corrected chi connectivity index (χ0v) is 11.8. The maximum atomic E-state index is 5.79. The minimum absolute atomic E-state index is 0.0971. The van der Waals surface area contributed by atoms with E-state index in [1.807, 2.05) is 0 Å². The van der Waals surface area contributed by atoms with Gasteiger partial charge in [0.1, 0.15) is 5.75 Å². The Morgan fingerprint density at radius 2 is 2.06 bits per heavy atom. The third kappa shape index (κ3) is 4.81. The summed E-state index contributed by atoms with van der Waals surface area (Å²) in [4.78, 5) is 0. The van der Waals surface area contributed by atoms with Crippen LogP contribution in [0.3, 0.4) is 0 Å². The number of nitrogens with one attached hydrogen (secondary N) is 1. The van der Waals surface area contributed by atoms with Crippen molar-refractivity contribution in [2.45, 2.75) is 46.2 Å². The highest BCUT2D eigenvalue weighted by atomic mass is 16.5. The molecule has 0 amide bonds. The van der Waals surface area contributed by atoms with Crippen LogP contribution in [-0.4, -0.2) is 12.1 Å². The van der Waals surface area contributed by atoms with Crippen LogP contribution < -0.4 is 10.1 Å². The fourth-order valence-electron chi connectivity index (χ4n) is 1.63. The molecule has 1 aromatic rings. The summed E-state index contributed by atoms with van der Waals surface area (Å²) in [5.74, 6) is 3.56. The van der Waals surface area contributed by atoms with Crippen LogP contribution in [0, 0.1) is 19.3 Å². The second-order valence-corrected chi connectivity index (χ2v) is 5.47. The highest BCUT2D eigenvalue weighted by Gasteiger charge is 2.12. The summed E-state index contributed by atoms with van der Waals surface area (Å²) in [5, 5.41) is 3.48. The van der Waals surface area contributed by atoms with E-state index in [0.29, 0.717) is 13.0 Å². The molecule has 0 atom stereocenters. The fraction of sp³-hybridized carbons (Fsp3) is 0.500. The van der Waals surface area contributed by atoms with Crippen LogP contribution >= 0.6 is 0 Å². The predicted molar refractivity (Wildman–Crippen MR) is 76.7 cm³/mol. The Morgan fingerprint density at radius 1 is 1.33 bits per heavy atom. The lowest BCUT2D eigenvalue weighted by Gasteiger charge is -2.22. The molecule has 0 aliphatic rings. The molecular weight excluding hydrogens is 222 g/mol. The Labute approximate surface area is 111 Å². The van der Waals surface area contributed by atoms with E-state index in [4.69, 9.17) is 11.2 Å². The second-order valence-electron chi connectivity index (χ2n) is 5.47. The van der Waals surface area contributed by atoms with Gasteiger partial charge in [-0.2, -0.15) is 0 Å². The lowest BCUT2D eigenvalue weighted by Crippen LogP contribution is -2.35. The molecule has 0 bridgehead atoms. The lowest BCUT2D eigenvalue weighted by molar-refractivity contribution is 0.318. The van der Waals surface area contributed by atoms with Gasteiger partial charge in [-0.25, -0.2) is 0 Å². The molecule has 0 saturated heterocycles. The summed E-state index contributed by atoms with van der Waals surface area (Å²) < 4.78 is 5.79. The summed E-state index contributed by atoms with van der Waals surface area (Å²) in [6.07, 6.45) is 5.88. The average molecular weight is 245 g/mol. The maximum Gasteiger partial charge on any atom is 0.126 e. The molecule has 0 fully saturated rings. The summed E-state index contributed by atoms with van der Waals surface area (Å²) in [6, 6.07) is 6.21. The van der Waals surface area contributed by atoms with E-state index in [0.717, 1.165) is 17.9 Å². The van der Waals surface area contributed by atoms with Gasteiger partial charge < -0.3 is 10.1 Å². The molecule has 1 rings (SSSR count). The number of terminal acetylenes is 1. The first-order valence-corrected chi connectivity index (χ1v) is 6.34. The molecule has 0 unspecified atom stereocenters. The van der Waals surface area contributed by atoms with E-state index < -0.39 is 0 Å². The highest BCUT2D eigenvalue weighted by molar-refractivity contribution is 5.40. The second kappa shape index (κ2) is 6.47. The molecule has 18 heavy (non-hydrogen) atoms. The highest BCUT2D eigenvalue weighted by Crippen LogP contribution is 2.24. The smallest absolute Gasteiger partial charge is 0.126 e. The first kappa shape index (κ1) is 14.6. The molecule has 0 saturated carbocycles. The van der Waals surface area contributed by atoms with Crippen molar-refractivity contribution in [1.82, 2.24) is 5.32 Å². The average Bonchev–Trinajstić information content (AvgIpc) is 2.28. The number of rotatable bonds is 5. The van der Waals surface area contributed by atoms with Gasteiger partial charge in [-0.05, 0) is 33.3 Å². The van der Waals surface area contributed by atoms with Gasteiger partial charge in [-0.3, -0.25) is 0 Å². The fourth-order valence-corrected chi connectivity index (χ4v) is 1.63. The van der Waals surface area contributed by atoms with Crippen molar-refractivity contribution in [3.63, 3.8) is 0 Å². The first-order chi connectivity index (χ1) is 8.44. The Bertz CT molecular complexity index is 424. The van der Waals surface area contributed by atoms with E-state index in [1.165, 1.54) is 5.56 Å². The quantitative estimate of drug-likeness (QED) is 0.635. The van der Waals surface area contributed by atoms with E-state index in [2.05, 4.69) is 57.1 Å². The van der Waals surface area contributed by atoms with Crippen molar-refractivity contribution in [3.05, 3.63) is 29.3 Å². The minimum Gasteiger partial charge on any atom is -0.492 e. The Hall–Kier alpha value is -1.46. The van der Waals surface area contributed by atoms with Crippen LogP contribution in [0.4, 0.5) is 0 Å². The Kier molecular flexibility index (Phi) is 5.25. The molecule has 0 radical (unpaired) electrons. The van der Waals surface area contributed by atoms with Crippen molar-refractivity contribution < 1.29 is 4.74 Å². The number of ether oxygens (including phenoxy) is 1. The molecule has 1 N–H and O–H groups in total. The molecule has 1 aromatic carbocycles. The van der Waals surface area contributed by atoms with E-state index >= 15 is 0 Å². The molecule has 98 valence electrons. The molecule has 0 spiro atoms. The van der Waals surface area contributed by atoms with E-state index in [9.17, 15) is 0 Å². The predicted octanol–water partition coefficient (Wildman–Crippen LogP) is 3.29. The molecule has 2 nitrogen and oxygen atoms in total. The number of hydrogen-bond acceptors (Lipinski definition) is 2. The summed E-state index contributed by atoms with van der Waals surface area (Å²) in [7, 11) is 0. The zero-order valence-electron chi connectivity index (χ0n) is 11.8. The molecule has 2 heteroatoms. The van der Waals surface area contributed by atoms with Gasteiger partial charge in [0.2, 0.25) is 0 Å². The van der Waals surface area contributed by atoms with Crippen molar-refractivity contribution in [2.75, 3.05) is 6.61 Å². The summed E-state index contributed by atoms with van der Waals surface area (Å²) in [5.41, 5.74) is 2.43. The van der Waals surface area contributed by atoms with Crippen molar-refractivity contribution in [2.24, 2.45) is 0 Å². The normalized spacial score (nSPS) is 11.1. The van der Waals surface area contributed by atoms with Crippen molar-refractivity contribution >= 4 is 0 Å². The van der Waals surface area contributed by atoms with Gasteiger partial charge in [0, 0.05) is 24.1 Å². The lowest BCUT2D eigenvalue weighted by atomic mass is 10.1. The van der Waals surface area contributed by atoms with Gasteiger partial charge in [0.25, 0.3) is 0 Å². The van der Waals surface area contributed by atoms with Crippen LogP contribution in [0.5, 0.6) is 5.75 Å². The number of aryl methyl sites for hydroxylation is 1. The standard InChI is InChI=1S/C16H23NO/c1-6-7-11-18-15-13(2)9-8-10-14(15)12-17-16(3,4)5/h1,8-10,17H,7,11-12H2,2-5H3. The van der Waals surface area contributed by atoms with Crippen LogP contribution in [0.1, 0.15) is 38.3 Å². The zero-order chi connectivity index (χ0) is 13.6. The Balaban J connectivity index is 2.77. The van der Waals surface area contributed by atoms with Crippen LogP contribution in [0.25, 0.3) is 0 Å². The van der Waals surface area contributed by atoms with Gasteiger partial charge in [-0.1, -0.05) is 18.2 Å². The van der Waals surface area contributed by atoms with Gasteiger partial charge in [0.15, 0.2) is 0 Å². The topological polar surface area (TPSA) is 21.3 Å². The van der Waals surface area contributed by atoms with Crippen LogP contribution in [0.2, 0.25) is 0 Å². The van der Waals surface area contributed by atoms with E-state index in [-0.39, 0.29) is 5.54 Å². The van der Waals surface area contributed by atoms with E-state index in [1.54, 1.807) is 0 Å². The van der Waals surface area contributed by atoms with Gasteiger partial charge >= 0.3 is 0 Å². The third-order valence-electron chi connectivity index (χ3n) is 2.60.